The lowest BCUT2D eigenvalue weighted by molar-refractivity contribution is 0.572. The molecule has 0 bridgehead atoms. The first-order valence-corrected chi connectivity index (χ1v) is 11.6. The third-order valence-electron chi connectivity index (χ3n) is 4.18. The van der Waals surface area contributed by atoms with Gasteiger partial charge in [0.05, 0.1) is 9.79 Å². The van der Waals surface area contributed by atoms with E-state index in [0.29, 0.717) is 17.5 Å². The normalized spacial score (nSPS) is 12.3. The molecule has 0 saturated heterocycles. The third-order valence-corrected chi connectivity index (χ3v) is 7.42. The van der Waals surface area contributed by atoms with Crippen LogP contribution in [0.3, 0.4) is 0 Å². The molecule has 0 aliphatic carbocycles. The van der Waals surface area contributed by atoms with Crippen LogP contribution in [0.5, 0.6) is 0 Å². The van der Waals surface area contributed by atoms with E-state index in [9.17, 15) is 16.8 Å². The summed E-state index contributed by atoms with van der Waals surface area (Å²) in [6, 6.07) is 10.3. The summed E-state index contributed by atoms with van der Waals surface area (Å²) >= 11 is 0. The summed E-state index contributed by atoms with van der Waals surface area (Å²) in [5.74, 6) is 0. The maximum absolute atomic E-state index is 12.4. The summed E-state index contributed by atoms with van der Waals surface area (Å²) in [5, 5.41) is 0. The van der Waals surface area contributed by atoms with Crippen LogP contribution in [0.2, 0.25) is 0 Å². The monoisotopic (exact) mass is 410 g/mol. The molecule has 0 amide bonds. The lowest BCUT2D eigenvalue weighted by Gasteiger charge is -2.11. The summed E-state index contributed by atoms with van der Waals surface area (Å²) in [4.78, 5) is 0.480. The van der Waals surface area contributed by atoms with Gasteiger partial charge in [-0.15, -0.1) is 0 Å². The number of hydrogen-bond donors (Lipinski definition) is 2. The van der Waals surface area contributed by atoms with E-state index >= 15 is 0 Å². The van der Waals surface area contributed by atoms with Crippen LogP contribution in [-0.2, 0) is 20.0 Å². The molecule has 0 aliphatic rings. The predicted molar refractivity (Wildman–Crippen MR) is 107 cm³/mol. The van der Waals surface area contributed by atoms with Gasteiger partial charge in [-0.05, 0) is 57.4 Å². The molecule has 0 radical (unpaired) electrons. The molecule has 8 heteroatoms. The number of hydrogen-bond acceptors (Lipinski definition) is 4. The van der Waals surface area contributed by atoms with Crippen LogP contribution in [0.15, 0.2) is 46.2 Å². The molecule has 0 unspecified atom stereocenters. The first-order chi connectivity index (χ1) is 12.5. The Morgan fingerprint density at radius 1 is 0.667 bits per heavy atom. The van der Waals surface area contributed by atoms with Crippen LogP contribution in [0.1, 0.15) is 28.7 Å². The molecular formula is C19H26N2O4S2. The van der Waals surface area contributed by atoms with Crippen LogP contribution < -0.4 is 9.44 Å². The standard InChI is InChI=1S/C19H26N2O4S2/c1-14-6-8-18(16(3)12-14)26(22,23)20-10-5-11-21-27(24,25)19-9-7-15(2)13-17(19)4/h6-9,12-13,20-21H,5,10-11H2,1-4H3. The molecule has 27 heavy (non-hydrogen) atoms. The van der Waals surface area contributed by atoms with E-state index in [1.807, 2.05) is 26.0 Å². The number of sulfonamides is 2. The average Bonchev–Trinajstić information content (AvgIpc) is 2.53. The van der Waals surface area contributed by atoms with E-state index in [1.165, 1.54) is 0 Å². The average molecular weight is 411 g/mol. The number of aryl methyl sites for hydroxylation is 4. The fourth-order valence-electron chi connectivity index (χ4n) is 2.86. The van der Waals surface area contributed by atoms with Crippen molar-refractivity contribution in [2.24, 2.45) is 0 Å². The van der Waals surface area contributed by atoms with E-state index in [0.717, 1.165) is 11.1 Å². The van der Waals surface area contributed by atoms with E-state index in [1.54, 1.807) is 38.1 Å². The first-order valence-electron chi connectivity index (χ1n) is 8.67. The van der Waals surface area contributed by atoms with Gasteiger partial charge in [0.15, 0.2) is 0 Å². The van der Waals surface area contributed by atoms with Gasteiger partial charge in [0.1, 0.15) is 0 Å². The van der Waals surface area contributed by atoms with Crippen molar-refractivity contribution in [1.29, 1.82) is 0 Å². The van der Waals surface area contributed by atoms with E-state index < -0.39 is 20.0 Å². The van der Waals surface area contributed by atoms with Crippen molar-refractivity contribution in [2.75, 3.05) is 13.1 Å². The van der Waals surface area contributed by atoms with Crippen molar-refractivity contribution in [3.63, 3.8) is 0 Å². The van der Waals surface area contributed by atoms with Crippen LogP contribution in [-0.4, -0.2) is 29.9 Å². The molecule has 0 saturated carbocycles. The highest BCUT2D eigenvalue weighted by Gasteiger charge is 2.18. The van der Waals surface area contributed by atoms with Crippen molar-refractivity contribution in [1.82, 2.24) is 9.44 Å². The van der Waals surface area contributed by atoms with E-state index in [-0.39, 0.29) is 22.9 Å². The highest BCUT2D eigenvalue weighted by atomic mass is 32.2. The van der Waals surface area contributed by atoms with Crippen LogP contribution in [0.25, 0.3) is 0 Å². The quantitative estimate of drug-likeness (QED) is 0.654. The Bertz CT molecular complexity index is 946. The fraction of sp³-hybridized carbons (Fsp3) is 0.368. The Labute approximate surface area is 162 Å². The molecule has 6 nitrogen and oxygen atoms in total. The van der Waals surface area contributed by atoms with Gasteiger partial charge in [-0.3, -0.25) is 0 Å². The second-order valence-electron chi connectivity index (χ2n) is 6.69. The Kier molecular flexibility index (Phi) is 6.80. The lowest BCUT2D eigenvalue weighted by Crippen LogP contribution is -2.30. The van der Waals surface area contributed by atoms with Gasteiger partial charge in [-0.1, -0.05) is 35.4 Å². The number of rotatable bonds is 8. The van der Waals surface area contributed by atoms with Crippen molar-refractivity contribution < 1.29 is 16.8 Å². The SMILES string of the molecule is Cc1ccc(S(=O)(=O)NCCCNS(=O)(=O)c2ccc(C)cc2C)c(C)c1. The Morgan fingerprint density at radius 3 is 1.37 bits per heavy atom. The molecule has 0 spiro atoms. The molecule has 2 rings (SSSR count). The first kappa shape index (κ1) is 21.6. The van der Waals surface area contributed by atoms with Gasteiger partial charge in [0, 0.05) is 13.1 Å². The Balaban J connectivity index is 1.91. The van der Waals surface area contributed by atoms with E-state index in [2.05, 4.69) is 9.44 Å². The highest BCUT2D eigenvalue weighted by Crippen LogP contribution is 2.17. The minimum Gasteiger partial charge on any atom is -0.211 e. The highest BCUT2D eigenvalue weighted by molar-refractivity contribution is 7.89. The van der Waals surface area contributed by atoms with Crippen LogP contribution >= 0.6 is 0 Å². The molecule has 0 heterocycles. The van der Waals surface area contributed by atoms with Gasteiger partial charge < -0.3 is 0 Å². The lowest BCUT2D eigenvalue weighted by atomic mass is 10.2. The molecule has 0 fully saturated rings. The molecule has 2 aromatic rings. The van der Waals surface area contributed by atoms with Crippen molar-refractivity contribution >= 4 is 20.0 Å². The summed E-state index contributed by atoms with van der Waals surface area (Å²) in [6.07, 6.45) is 0.342. The molecule has 148 valence electrons. The van der Waals surface area contributed by atoms with Gasteiger partial charge >= 0.3 is 0 Å². The van der Waals surface area contributed by atoms with Crippen LogP contribution in [0, 0.1) is 27.7 Å². The number of benzene rings is 2. The van der Waals surface area contributed by atoms with E-state index in [4.69, 9.17) is 0 Å². The summed E-state index contributed by atoms with van der Waals surface area (Å²) in [5.41, 5.74) is 3.34. The second kappa shape index (κ2) is 8.52. The van der Waals surface area contributed by atoms with Crippen molar-refractivity contribution in [3.8, 4) is 0 Å². The zero-order valence-electron chi connectivity index (χ0n) is 16.0. The summed E-state index contributed by atoms with van der Waals surface area (Å²) < 4.78 is 54.5. The van der Waals surface area contributed by atoms with Gasteiger partial charge in [-0.2, -0.15) is 0 Å². The fourth-order valence-corrected chi connectivity index (χ4v) is 5.46. The summed E-state index contributed by atoms with van der Waals surface area (Å²) in [7, 11) is -7.23. The minimum atomic E-state index is -3.61. The molecule has 2 aromatic carbocycles. The van der Waals surface area contributed by atoms with Gasteiger partial charge in [0.2, 0.25) is 20.0 Å². The number of nitrogens with one attached hydrogen (secondary N) is 2. The molecule has 0 aliphatic heterocycles. The zero-order valence-corrected chi connectivity index (χ0v) is 17.7. The topological polar surface area (TPSA) is 92.3 Å². The largest absolute Gasteiger partial charge is 0.240 e. The molecule has 0 aromatic heterocycles. The van der Waals surface area contributed by atoms with Gasteiger partial charge in [-0.25, -0.2) is 26.3 Å². The maximum atomic E-state index is 12.4. The van der Waals surface area contributed by atoms with Crippen molar-refractivity contribution in [3.05, 3.63) is 58.7 Å². The molecule has 0 atom stereocenters. The summed E-state index contributed by atoms with van der Waals surface area (Å²) in [6.45, 7) is 7.59. The van der Waals surface area contributed by atoms with Gasteiger partial charge in [0.25, 0.3) is 0 Å². The maximum Gasteiger partial charge on any atom is 0.240 e. The molecular weight excluding hydrogens is 384 g/mol. The van der Waals surface area contributed by atoms with Crippen molar-refractivity contribution in [2.45, 2.75) is 43.9 Å². The minimum absolute atomic E-state index is 0.144. The smallest absolute Gasteiger partial charge is 0.211 e. The van der Waals surface area contributed by atoms with Crippen LogP contribution in [0.4, 0.5) is 0 Å². The second-order valence-corrected chi connectivity index (χ2v) is 10.2. The predicted octanol–water partition coefficient (Wildman–Crippen LogP) is 2.57. The Morgan fingerprint density at radius 2 is 1.04 bits per heavy atom. The Hall–Kier alpha value is -1.74. The molecule has 2 N–H and O–H groups in total. The third kappa shape index (κ3) is 5.62. The zero-order chi connectivity index (χ0) is 20.2.